The van der Waals surface area contributed by atoms with Gasteiger partial charge in [0.2, 0.25) is 5.91 Å². The van der Waals surface area contributed by atoms with Gasteiger partial charge in [0.05, 0.1) is 11.9 Å². The van der Waals surface area contributed by atoms with Gasteiger partial charge in [-0.05, 0) is 18.6 Å². The highest BCUT2D eigenvalue weighted by Crippen LogP contribution is 2.33. The number of benzene rings is 1. The Hall–Kier alpha value is -2.88. The van der Waals surface area contributed by atoms with Gasteiger partial charge in [0.25, 0.3) is 0 Å². The molecule has 2 aromatic rings. The molecule has 6 nitrogen and oxygen atoms in total. The zero-order valence-electron chi connectivity index (χ0n) is 14.9. The minimum atomic E-state index is -0.493. The van der Waals surface area contributed by atoms with Crippen LogP contribution >= 0.6 is 0 Å². The van der Waals surface area contributed by atoms with Crippen molar-refractivity contribution in [3.63, 3.8) is 0 Å². The standard InChI is InChI=1S/C19H22FN5O/c1-12(2)19(26)22-9-14-10-23-24-18(14)13-6-7-25(11-13)17-5-3-4-16(20)15(17)8-21/h3-5,10,12-13H,6-7,9,11H2,1-2H3,(H,22,26)(H,23,24). The molecular weight excluding hydrogens is 333 g/mol. The van der Waals surface area contributed by atoms with E-state index in [1.54, 1.807) is 18.3 Å². The van der Waals surface area contributed by atoms with Crippen molar-refractivity contribution in [1.29, 1.82) is 5.26 Å². The van der Waals surface area contributed by atoms with Crippen LogP contribution in [0.5, 0.6) is 0 Å². The highest BCUT2D eigenvalue weighted by molar-refractivity contribution is 5.77. The van der Waals surface area contributed by atoms with Crippen molar-refractivity contribution >= 4 is 11.6 Å². The molecule has 1 atom stereocenters. The smallest absolute Gasteiger partial charge is 0.222 e. The molecule has 0 bridgehead atoms. The van der Waals surface area contributed by atoms with Gasteiger partial charge in [-0.2, -0.15) is 10.4 Å². The Morgan fingerprint density at radius 1 is 1.54 bits per heavy atom. The molecule has 1 aliphatic heterocycles. The fraction of sp³-hybridized carbons (Fsp3) is 0.421. The van der Waals surface area contributed by atoms with Crippen LogP contribution in [-0.2, 0) is 11.3 Å². The summed E-state index contributed by atoms with van der Waals surface area (Å²) in [5, 5.41) is 19.3. The summed E-state index contributed by atoms with van der Waals surface area (Å²) in [5.41, 5.74) is 2.67. The minimum Gasteiger partial charge on any atom is -0.370 e. The number of aromatic nitrogens is 2. The Bertz CT molecular complexity index is 839. The lowest BCUT2D eigenvalue weighted by molar-refractivity contribution is -0.124. The van der Waals surface area contributed by atoms with E-state index in [2.05, 4.69) is 15.5 Å². The van der Waals surface area contributed by atoms with E-state index in [1.807, 2.05) is 24.8 Å². The van der Waals surface area contributed by atoms with Crippen LogP contribution in [0, 0.1) is 23.1 Å². The molecule has 136 valence electrons. The van der Waals surface area contributed by atoms with E-state index in [1.165, 1.54) is 6.07 Å². The van der Waals surface area contributed by atoms with E-state index in [0.717, 1.165) is 24.2 Å². The second kappa shape index (κ2) is 7.56. The average Bonchev–Trinajstić information content (AvgIpc) is 3.28. The molecule has 2 N–H and O–H groups in total. The number of halogens is 1. The molecule has 3 rings (SSSR count). The van der Waals surface area contributed by atoms with E-state index >= 15 is 0 Å². The highest BCUT2D eigenvalue weighted by Gasteiger charge is 2.29. The SMILES string of the molecule is CC(C)C(=O)NCc1cn[nH]c1C1CCN(c2cccc(F)c2C#N)C1. The molecule has 0 aliphatic carbocycles. The predicted octanol–water partition coefficient (Wildman–Crippen LogP) is 2.69. The fourth-order valence-electron chi connectivity index (χ4n) is 3.30. The number of nitrogens with one attached hydrogen (secondary N) is 2. The second-order valence-corrected chi connectivity index (χ2v) is 6.86. The van der Waals surface area contributed by atoms with Crippen LogP contribution in [0.1, 0.15) is 43.0 Å². The molecular formula is C19H22FN5O. The first-order valence-electron chi connectivity index (χ1n) is 8.74. The third-order valence-electron chi connectivity index (χ3n) is 4.77. The summed E-state index contributed by atoms with van der Waals surface area (Å²) in [4.78, 5) is 13.8. The Kier molecular flexibility index (Phi) is 5.21. The third kappa shape index (κ3) is 3.54. The van der Waals surface area contributed by atoms with Gasteiger partial charge < -0.3 is 10.2 Å². The number of hydrogen-bond donors (Lipinski definition) is 2. The summed E-state index contributed by atoms with van der Waals surface area (Å²) in [5.74, 6) is -0.362. The number of aromatic amines is 1. The number of anilines is 1. The van der Waals surface area contributed by atoms with Crippen molar-refractivity contribution in [3.8, 4) is 6.07 Å². The normalized spacial score (nSPS) is 16.7. The van der Waals surface area contributed by atoms with Crippen LogP contribution < -0.4 is 10.2 Å². The molecule has 1 aromatic carbocycles. The van der Waals surface area contributed by atoms with Gasteiger partial charge in [0, 0.05) is 42.7 Å². The van der Waals surface area contributed by atoms with Crippen molar-refractivity contribution in [2.75, 3.05) is 18.0 Å². The van der Waals surface area contributed by atoms with Crippen LogP contribution in [0.4, 0.5) is 10.1 Å². The molecule has 1 unspecified atom stereocenters. The average molecular weight is 355 g/mol. The van der Waals surface area contributed by atoms with Crippen molar-refractivity contribution in [3.05, 3.63) is 47.0 Å². The Labute approximate surface area is 152 Å². The van der Waals surface area contributed by atoms with Gasteiger partial charge in [0.15, 0.2) is 0 Å². The maximum absolute atomic E-state index is 13.9. The number of carbonyl (C=O) groups is 1. The molecule has 7 heteroatoms. The van der Waals surface area contributed by atoms with Crippen LogP contribution in [0.15, 0.2) is 24.4 Å². The quantitative estimate of drug-likeness (QED) is 0.864. The highest BCUT2D eigenvalue weighted by atomic mass is 19.1. The minimum absolute atomic E-state index is 0.00335. The Morgan fingerprint density at radius 3 is 3.08 bits per heavy atom. The van der Waals surface area contributed by atoms with Crippen molar-refractivity contribution < 1.29 is 9.18 Å². The topological polar surface area (TPSA) is 84.8 Å². The summed E-state index contributed by atoms with van der Waals surface area (Å²) in [6, 6.07) is 6.67. The maximum atomic E-state index is 13.9. The zero-order valence-corrected chi connectivity index (χ0v) is 14.9. The summed E-state index contributed by atoms with van der Waals surface area (Å²) in [6.07, 6.45) is 2.61. The van der Waals surface area contributed by atoms with Gasteiger partial charge in [-0.1, -0.05) is 19.9 Å². The number of H-pyrrole nitrogens is 1. The van der Waals surface area contributed by atoms with Gasteiger partial charge in [-0.3, -0.25) is 9.89 Å². The lowest BCUT2D eigenvalue weighted by atomic mass is 10.0. The molecule has 0 radical (unpaired) electrons. The second-order valence-electron chi connectivity index (χ2n) is 6.86. The fourth-order valence-corrected chi connectivity index (χ4v) is 3.30. The third-order valence-corrected chi connectivity index (χ3v) is 4.77. The zero-order chi connectivity index (χ0) is 18.7. The molecule has 1 saturated heterocycles. The largest absolute Gasteiger partial charge is 0.370 e. The van der Waals surface area contributed by atoms with E-state index in [4.69, 9.17) is 0 Å². The molecule has 1 aromatic heterocycles. The van der Waals surface area contributed by atoms with E-state index in [9.17, 15) is 14.4 Å². The van der Waals surface area contributed by atoms with Crippen molar-refractivity contribution in [2.45, 2.75) is 32.7 Å². The maximum Gasteiger partial charge on any atom is 0.222 e. The number of rotatable bonds is 5. The van der Waals surface area contributed by atoms with E-state index < -0.39 is 5.82 Å². The number of nitrogens with zero attached hydrogens (tertiary/aromatic N) is 3. The molecule has 1 aliphatic rings. The lowest BCUT2D eigenvalue weighted by Crippen LogP contribution is -2.27. The first kappa shape index (κ1) is 17.9. The first-order chi connectivity index (χ1) is 12.5. The molecule has 2 heterocycles. The summed E-state index contributed by atoms with van der Waals surface area (Å²) in [7, 11) is 0. The number of nitriles is 1. The van der Waals surface area contributed by atoms with E-state index in [-0.39, 0.29) is 23.3 Å². The number of carbonyl (C=O) groups excluding carboxylic acids is 1. The summed E-state index contributed by atoms with van der Waals surface area (Å²) < 4.78 is 13.9. The lowest BCUT2D eigenvalue weighted by Gasteiger charge is -2.20. The van der Waals surface area contributed by atoms with Gasteiger partial charge >= 0.3 is 0 Å². The van der Waals surface area contributed by atoms with Crippen LogP contribution in [0.25, 0.3) is 0 Å². The summed E-state index contributed by atoms with van der Waals surface area (Å²) in [6.45, 7) is 5.55. The van der Waals surface area contributed by atoms with E-state index in [0.29, 0.717) is 18.8 Å². The number of hydrogen-bond acceptors (Lipinski definition) is 4. The van der Waals surface area contributed by atoms with Gasteiger partial charge in [-0.15, -0.1) is 0 Å². The van der Waals surface area contributed by atoms with Gasteiger partial charge in [-0.25, -0.2) is 4.39 Å². The van der Waals surface area contributed by atoms with Crippen LogP contribution in [0.2, 0.25) is 0 Å². The van der Waals surface area contributed by atoms with Crippen LogP contribution in [-0.4, -0.2) is 29.2 Å². The first-order valence-corrected chi connectivity index (χ1v) is 8.74. The molecule has 1 fully saturated rings. The molecule has 1 amide bonds. The van der Waals surface area contributed by atoms with Crippen molar-refractivity contribution in [1.82, 2.24) is 15.5 Å². The van der Waals surface area contributed by atoms with Crippen molar-refractivity contribution in [2.24, 2.45) is 5.92 Å². The van der Waals surface area contributed by atoms with Crippen LogP contribution in [0.3, 0.4) is 0 Å². The Morgan fingerprint density at radius 2 is 2.35 bits per heavy atom. The number of amides is 1. The molecule has 0 saturated carbocycles. The predicted molar refractivity (Wildman–Crippen MR) is 96.0 cm³/mol. The molecule has 0 spiro atoms. The monoisotopic (exact) mass is 355 g/mol. The van der Waals surface area contributed by atoms with Gasteiger partial charge in [0.1, 0.15) is 17.4 Å². The Balaban J connectivity index is 1.73. The summed E-state index contributed by atoms with van der Waals surface area (Å²) >= 11 is 0. The molecule has 26 heavy (non-hydrogen) atoms.